The van der Waals surface area contributed by atoms with Gasteiger partial charge in [0.25, 0.3) is 11.8 Å². The van der Waals surface area contributed by atoms with Crippen molar-refractivity contribution in [2.75, 3.05) is 12.6 Å². The predicted octanol–water partition coefficient (Wildman–Crippen LogP) is 3.62. The molecular weight excluding hydrogens is 695 g/mol. The number of aromatic nitrogens is 3. The van der Waals surface area contributed by atoms with Crippen LogP contribution in [0.5, 0.6) is 11.5 Å². The van der Waals surface area contributed by atoms with E-state index >= 15 is 0 Å². The van der Waals surface area contributed by atoms with Crippen molar-refractivity contribution >= 4 is 66.9 Å². The van der Waals surface area contributed by atoms with Gasteiger partial charge in [-0.05, 0) is 51.3 Å². The first-order chi connectivity index (χ1) is 19.0. The number of allylic oxidation sites excluding steroid dienone is 2. The number of fused-ring (bicyclic) bond motifs is 4. The van der Waals surface area contributed by atoms with Crippen molar-refractivity contribution in [1.82, 2.24) is 18.8 Å². The molecule has 3 aromatic rings. The number of benzene rings is 2. The molecule has 1 aromatic heterocycles. The number of amides is 2. The van der Waals surface area contributed by atoms with Crippen LogP contribution in [0.25, 0.3) is 5.69 Å². The van der Waals surface area contributed by atoms with Crippen molar-refractivity contribution in [1.29, 1.82) is 0 Å². The lowest BCUT2D eigenvalue weighted by molar-refractivity contribution is -0.138. The molecule has 0 radical (unpaired) electrons. The fourth-order valence-electron chi connectivity index (χ4n) is 6.10. The molecule has 40 heavy (non-hydrogen) atoms. The zero-order chi connectivity index (χ0) is 28.7. The van der Waals surface area contributed by atoms with Crippen molar-refractivity contribution in [3.63, 3.8) is 0 Å². The number of hydrogen-bond donors (Lipinski definition) is 1. The lowest BCUT2D eigenvalue weighted by atomic mass is 9.64. The summed E-state index contributed by atoms with van der Waals surface area (Å²) in [6.45, 7) is 0.0131. The molecule has 0 bridgehead atoms. The largest absolute Gasteiger partial charge is 0.503 e. The topological polar surface area (TPSA) is 116 Å². The Labute approximate surface area is 253 Å². The Hall–Kier alpha value is -2.80. The summed E-state index contributed by atoms with van der Waals surface area (Å²) in [5.41, 5.74) is 0.0303. The van der Waals surface area contributed by atoms with Crippen LogP contribution >= 0.6 is 55.1 Å². The Morgan fingerprint density at radius 1 is 1.07 bits per heavy atom. The van der Waals surface area contributed by atoms with E-state index in [0.29, 0.717) is 16.8 Å². The maximum Gasteiger partial charge on any atom is 0.352 e. The zero-order valence-corrected chi connectivity index (χ0v) is 25.4. The number of carbonyl (C=O) groups excluding carboxylic acids is 2. The van der Waals surface area contributed by atoms with Crippen LogP contribution < -0.4 is 16.1 Å². The van der Waals surface area contributed by atoms with Crippen molar-refractivity contribution in [3.8, 4) is 17.2 Å². The molecule has 1 saturated carbocycles. The van der Waals surface area contributed by atoms with Crippen LogP contribution in [-0.4, -0.2) is 58.1 Å². The van der Waals surface area contributed by atoms with Gasteiger partial charge in [-0.1, -0.05) is 40.2 Å². The van der Waals surface area contributed by atoms with Gasteiger partial charge in [0, 0.05) is 12.3 Å². The average Bonchev–Trinajstić information content (AvgIpc) is 3.28. The minimum Gasteiger partial charge on any atom is -0.503 e. The van der Waals surface area contributed by atoms with Gasteiger partial charge < -0.3 is 9.84 Å². The summed E-state index contributed by atoms with van der Waals surface area (Å²) >= 11 is 20.9. The van der Waals surface area contributed by atoms with Gasteiger partial charge in [0.05, 0.1) is 35.3 Å². The lowest BCUT2D eigenvalue weighted by Gasteiger charge is -2.49. The average molecular weight is 715 g/mol. The first-order valence-electron chi connectivity index (χ1n) is 12.1. The van der Waals surface area contributed by atoms with Crippen molar-refractivity contribution in [3.05, 3.63) is 85.1 Å². The molecule has 3 heterocycles. The van der Waals surface area contributed by atoms with Crippen LogP contribution in [0.4, 0.5) is 0 Å². The Kier molecular flexibility index (Phi) is 6.41. The Bertz CT molecular complexity index is 1750. The van der Waals surface area contributed by atoms with Crippen LogP contribution in [0.2, 0.25) is 0 Å². The number of ether oxygens (including phenoxy) is 1. The molecule has 4 unspecified atom stereocenters. The summed E-state index contributed by atoms with van der Waals surface area (Å²) in [6, 6.07) is 10.7. The third-order valence-corrected chi connectivity index (χ3v) is 10.4. The number of aromatic hydroxyl groups is 1. The molecule has 6 rings (SSSR count). The second-order valence-electron chi connectivity index (χ2n) is 9.74. The molecule has 3 aliphatic rings. The summed E-state index contributed by atoms with van der Waals surface area (Å²) in [5, 5.41) is 10.5. The fraction of sp³-hybridized carbons (Fsp3) is 0.308. The van der Waals surface area contributed by atoms with E-state index in [4.69, 9.17) is 27.9 Å². The van der Waals surface area contributed by atoms with E-state index in [1.54, 1.807) is 42.5 Å². The van der Waals surface area contributed by atoms with Gasteiger partial charge in [-0.3, -0.25) is 14.5 Å². The molecular formula is C26H20Br2Cl2N4O6. The van der Waals surface area contributed by atoms with Crippen molar-refractivity contribution in [2.45, 2.75) is 34.7 Å². The number of phenolic OH excluding ortho intramolecular Hbond substituents is 1. The maximum atomic E-state index is 13.8. The number of likely N-dealkylation sites (tertiary alicyclic amines) is 1. The van der Waals surface area contributed by atoms with Gasteiger partial charge in [0.15, 0.2) is 21.2 Å². The van der Waals surface area contributed by atoms with Crippen LogP contribution in [0.3, 0.4) is 0 Å². The first-order valence-corrected chi connectivity index (χ1v) is 14.7. The second-order valence-corrected chi connectivity index (χ2v) is 12.3. The third kappa shape index (κ3) is 3.39. The standard InChI is InChI=1S/C26H20Br2Cl2N4O6/c1-40-18-10-13(9-16(28)20(18)35)19-15-7-8-32-23(38)33(14-5-3-2-4-6-14)24(39)34(32)17(15)11-25(29)21(36)31(12-27)22(37)26(19,25)30/h2-7,9-10,17,19,35H,8,11-12H2,1H3. The molecule has 2 amide bonds. The smallest absolute Gasteiger partial charge is 0.352 e. The van der Waals surface area contributed by atoms with Gasteiger partial charge in [0.2, 0.25) is 0 Å². The summed E-state index contributed by atoms with van der Waals surface area (Å²) in [7, 11) is 1.37. The SMILES string of the molecule is COc1cc(C2C3=CCn4c(=O)n(-c5ccccc5)c(=O)n4C3CC3(Cl)C(=O)N(CBr)C(=O)C23Cl)cc(Br)c1O. The first kappa shape index (κ1) is 27.4. The molecule has 1 N–H and O–H groups in total. The minimum atomic E-state index is -1.99. The highest BCUT2D eigenvalue weighted by atomic mass is 79.9. The van der Waals surface area contributed by atoms with Crippen molar-refractivity contribution < 1.29 is 19.4 Å². The number of phenols is 1. The molecule has 1 aliphatic carbocycles. The number of para-hydroxylation sites is 1. The van der Waals surface area contributed by atoms with E-state index in [1.165, 1.54) is 22.5 Å². The number of methoxy groups -OCH3 is 1. The molecule has 1 saturated heterocycles. The normalized spacial score (nSPS) is 27.2. The minimum absolute atomic E-state index is 0.0131. The summed E-state index contributed by atoms with van der Waals surface area (Å²) in [4.78, 5) is 51.8. The second kappa shape index (κ2) is 9.37. The molecule has 208 valence electrons. The zero-order valence-electron chi connectivity index (χ0n) is 20.7. The number of hydrogen-bond acceptors (Lipinski definition) is 6. The summed E-state index contributed by atoms with van der Waals surface area (Å²) < 4.78 is 9.25. The molecule has 14 heteroatoms. The van der Waals surface area contributed by atoms with Crippen LogP contribution in [0, 0.1) is 0 Å². The third-order valence-electron chi connectivity index (χ3n) is 7.90. The van der Waals surface area contributed by atoms with E-state index < -0.39 is 44.9 Å². The highest BCUT2D eigenvalue weighted by Gasteiger charge is 2.75. The number of rotatable bonds is 4. The monoisotopic (exact) mass is 712 g/mol. The number of nitrogens with zero attached hydrogens (tertiary/aromatic N) is 4. The van der Waals surface area contributed by atoms with Crippen LogP contribution in [0.1, 0.15) is 23.9 Å². The van der Waals surface area contributed by atoms with E-state index in [2.05, 4.69) is 31.9 Å². The quantitative estimate of drug-likeness (QED) is 0.191. The molecule has 2 aliphatic heterocycles. The van der Waals surface area contributed by atoms with Gasteiger partial charge in [-0.2, -0.15) is 0 Å². The van der Waals surface area contributed by atoms with E-state index in [0.717, 1.165) is 9.47 Å². The van der Waals surface area contributed by atoms with Gasteiger partial charge in [-0.15, -0.1) is 23.2 Å². The Morgan fingerprint density at radius 2 is 1.77 bits per heavy atom. The molecule has 0 spiro atoms. The molecule has 10 nitrogen and oxygen atoms in total. The van der Waals surface area contributed by atoms with Crippen molar-refractivity contribution in [2.24, 2.45) is 0 Å². The Morgan fingerprint density at radius 3 is 2.42 bits per heavy atom. The fourth-order valence-corrected chi connectivity index (χ4v) is 7.97. The number of halogens is 4. The predicted molar refractivity (Wildman–Crippen MR) is 154 cm³/mol. The summed E-state index contributed by atoms with van der Waals surface area (Å²) in [6.07, 6.45) is 1.52. The highest BCUT2D eigenvalue weighted by molar-refractivity contribution is 9.10. The molecule has 2 aromatic carbocycles. The Balaban J connectivity index is 1.63. The molecule has 2 fully saturated rings. The summed E-state index contributed by atoms with van der Waals surface area (Å²) in [5.74, 6) is -2.52. The van der Waals surface area contributed by atoms with Crippen LogP contribution in [-0.2, 0) is 16.1 Å². The molecule has 4 atom stereocenters. The number of imide groups is 1. The van der Waals surface area contributed by atoms with Gasteiger partial charge >= 0.3 is 11.4 Å². The number of carbonyl (C=O) groups is 2. The van der Waals surface area contributed by atoms with E-state index in [9.17, 15) is 24.3 Å². The van der Waals surface area contributed by atoms with Crippen LogP contribution in [0.15, 0.2) is 68.2 Å². The highest BCUT2D eigenvalue weighted by Crippen LogP contribution is 2.64. The van der Waals surface area contributed by atoms with E-state index in [-0.39, 0.29) is 34.4 Å². The number of alkyl halides is 3. The van der Waals surface area contributed by atoms with Gasteiger partial charge in [-0.25, -0.2) is 23.5 Å². The maximum absolute atomic E-state index is 13.8. The lowest BCUT2D eigenvalue weighted by Crippen LogP contribution is -2.59. The van der Waals surface area contributed by atoms with E-state index in [1.807, 2.05) is 0 Å². The van der Waals surface area contributed by atoms with Gasteiger partial charge in [0.1, 0.15) is 0 Å².